The van der Waals surface area contributed by atoms with E-state index in [0.717, 1.165) is 11.5 Å². The van der Waals surface area contributed by atoms with E-state index < -0.39 is 40.4 Å². The number of rotatable bonds is 6. The molecule has 0 radical (unpaired) electrons. The first-order chi connectivity index (χ1) is 20.6. The first-order valence-corrected chi connectivity index (χ1v) is 22.0. The van der Waals surface area contributed by atoms with E-state index in [1.54, 1.807) is 0 Å². The summed E-state index contributed by atoms with van der Waals surface area (Å²) in [5, 5.41) is 0. The zero-order valence-corrected chi connectivity index (χ0v) is 28.9. The summed E-state index contributed by atoms with van der Waals surface area (Å²) in [6.07, 6.45) is 0. The van der Waals surface area contributed by atoms with Crippen LogP contribution in [0.2, 0.25) is 0 Å². The minimum atomic E-state index is -2.42. The van der Waals surface area contributed by atoms with Crippen molar-refractivity contribution in [3.05, 3.63) is 169 Å². The van der Waals surface area contributed by atoms with Crippen molar-refractivity contribution in [2.75, 3.05) is 0 Å². The summed E-state index contributed by atoms with van der Waals surface area (Å²) in [7, 11) is 0. The zero-order valence-electron chi connectivity index (χ0n) is 23.8. The maximum absolute atomic E-state index is 7.31. The summed E-state index contributed by atoms with van der Waals surface area (Å²) >= 11 is -4.83. The van der Waals surface area contributed by atoms with Crippen molar-refractivity contribution in [2.45, 2.75) is 19.3 Å². The van der Waals surface area contributed by atoms with Crippen LogP contribution >= 0.6 is 0 Å². The van der Waals surface area contributed by atoms with Crippen LogP contribution in [0.25, 0.3) is 0 Å². The van der Waals surface area contributed by atoms with Crippen LogP contribution in [0.4, 0.5) is 0 Å². The number of hydrogen-bond donors (Lipinski definition) is 0. The molecular formula is C39H32OSb2. The topological polar surface area (TPSA) is 9.23 Å². The van der Waals surface area contributed by atoms with Gasteiger partial charge in [0, 0.05) is 0 Å². The second-order valence-corrected chi connectivity index (χ2v) is 23.5. The first-order valence-electron chi connectivity index (χ1n) is 14.4. The molecule has 3 heteroatoms. The summed E-state index contributed by atoms with van der Waals surface area (Å²) in [5.74, 6) is 2.17. The van der Waals surface area contributed by atoms with Crippen LogP contribution in [0.15, 0.2) is 158 Å². The molecule has 6 aromatic carbocycles. The van der Waals surface area contributed by atoms with Gasteiger partial charge in [-0.05, 0) is 0 Å². The van der Waals surface area contributed by atoms with Crippen molar-refractivity contribution >= 4 is 61.5 Å². The molecule has 0 aromatic heterocycles. The molecule has 7 rings (SSSR count). The molecule has 1 nitrogen and oxygen atoms in total. The summed E-state index contributed by atoms with van der Waals surface area (Å²) in [6.45, 7) is 4.75. The Morgan fingerprint density at radius 2 is 0.690 bits per heavy atom. The molecule has 1 aliphatic heterocycles. The second-order valence-electron chi connectivity index (χ2n) is 11.0. The van der Waals surface area contributed by atoms with Crippen LogP contribution in [-0.2, 0) is 5.41 Å². The molecule has 6 aromatic rings. The van der Waals surface area contributed by atoms with Crippen molar-refractivity contribution < 1.29 is 4.74 Å². The van der Waals surface area contributed by atoms with Crippen molar-refractivity contribution in [3.8, 4) is 11.5 Å². The van der Waals surface area contributed by atoms with Gasteiger partial charge in [0.25, 0.3) is 0 Å². The Morgan fingerprint density at radius 1 is 0.381 bits per heavy atom. The molecule has 0 unspecified atom stereocenters. The average molecular weight is 760 g/mol. The van der Waals surface area contributed by atoms with Gasteiger partial charge in [-0.3, -0.25) is 0 Å². The number of hydrogen-bond acceptors (Lipinski definition) is 1. The zero-order chi connectivity index (χ0) is 28.5. The van der Waals surface area contributed by atoms with E-state index >= 15 is 0 Å². The van der Waals surface area contributed by atoms with Gasteiger partial charge < -0.3 is 0 Å². The molecule has 1 aliphatic rings. The Bertz CT molecular complexity index is 1600. The SMILES string of the molecule is CC1(C)c2ccc[c]([Sb]([c]3ccccc3)[c]3ccccc3)c2Oc2[c]([Sb]([c]3ccccc3)[c]3ccccc3)cccc21. The van der Waals surface area contributed by atoms with Crippen molar-refractivity contribution in [1.82, 2.24) is 0 Å². The Kier molecular flexibility index (Phi) is 7.75. The van der Waals surface area contributed by atoms with Gasteiger partial charge in [-0.2, -0.15) is 0 Å². The van der Waals surface area contributed by atoms with E-state index in [4.69, 9.17) is 4.74 Å². The molecule has 0 saturated carbocycles. The Balaban J connectivity index is 1.45. The molecule has 0 spiro atoms. The second kappa shape index (κ2) is 11.8. The van der Waals surface area contributed by atoms with Gasteiger partial charge in [-0.15, -0.1) is 0 Å². The third kappa shape index (κ3) is 5.02. The molecule has 0 N–H and O–H groups in total. The van der Waals surface area contributed by atoms with Gasteiger partial charge >= 0.3 is 266 Å². The van der Waals surface area contributed by atoms with Crippen molar-refractivity contribution in [1.29, 1.82) is 0 Å². The van der Waals surface area contributed by atoms with Gasteiger partial charge in [0.15, 0.2) is 0 Å². The number of benzene rings is 6. The van der Waals surface area contributed by atoms with E-state index in [1.165, 1.54) is 32.2 Å². The number of fused-ring (bicyclic) bond motifs is 2. The van der Waals surface area contributed by atoms with Gasteiger partial charge in [-0.1, -0.05) is 0 Å². The fraction of sp³-hybridized carbons (Fsp3) is 0.0769. The van der Waals surface area contributed by atoms with Crippen LogP contribution < -0.4 is 25.8 Å². The maximum atomic E-state index is 7.31. The van der Waals surface area contributed by atoms with Crippen LogP contribution in [0.1, 0.15) is 25.0 Å². The molecule has 0 amide bonds. The summed E-state index contributed by atoms with van der Waals surface area (Å²) in [6, 6.07) is 58.3. The molecule has 204 valence electrons. The fourth-order valence-corrected chi connectivity index (χ4v) is 19.7. The van der Waals surface area contributed by atoms with E-state index in [0.29, 0.717) is 0 Å². The normalized spacial score (nSPS) is 13.3. The van der Waals surface area contributed by atoms with Crippen LogP contribution in [0.5, 0.6) is 11.5 Å². The van der Waals surface area contributed by atoms with Crippen molar-refractivity contribution in [2.24, 2.45) is 0 Å². The van der Waals surface area contributed by atoms with Crippen molar-refractivity contribution in [3.63, 3.8) is 0 Å². The monoisotopic (exact) mass is 758 g/mol. The third-order valence-electron chi connectivity index (χ3n) is 8.08. The van der Waals surface area contributed by atoms with Gasteiger partial charge in [0.1, 0.15) is 0 Å². The van der Waals surface area contributed by atoms with Gasteiger partial charge in [0.2, 0.25) is 0 Å². The summed E-state index contributed by atoms with van der Waals surface area (Å²) < 4.78 is 15.9. The number of ether oxygens (including phenoxy) is 1. The van der Waals surface area contributed by atoms with E-state index in [-0.39, 0.29) is 5.41 Å². The summed E-state index contributed by atoms with van der Waals surface area (Å²) in [5.41, 5.74) is 2.39. The molecular weight excluding hydrogens is 728 g/mol. The molecule has 0 saturated heterocycles. The Morgan fingerprint density at radius 3 is 1.00 bits per heavy atom. The van der Waals surface area contributed by atoms with Gasteiger partial charge in [0.05, 0.1) is 0 Å². The summed E-state index contributed by atoms with van der Waals surface area (Å²) in [4.78, 5) is 0. The minimum absolute atomic E-state index is 0.187. The molecule has 0 fully saturated rings. The molecule has 42 heavy (non-hydrogen) atoms. The Labute approximate surface area is 263 Å². The van der Waals surface area contributed by atoms with Crippen LogP contribution in [0.3, 0.4) is 0 Å². The molecule has 0 aliphatic carbocycles. The predicted molar refractivity (Wildman–Crippen MR) is 180 cm³/mol. The van der Waals surface area contributed by atoms with E-state index in [1.807, 2.05) is 0 Å². The molecule has 0 bridgehead atoms. The Hall–Kier alpha value is -3.24. The van der Waals surface area contributed by atoms with E-state index in [2.05, 4.69) is 172 Å². The number of para-hydroxylation sites is 2. The van der Waals surface area contributed by atoms with Crippen LogP contribution in [-0.4, -0.2) is 40.4 Å². The average Bonchev–Trinajstić information content (AvgIpc) is 3.04. The third-order valence-corrected chi connectivity index (χ3v) is 22.1. The van der Waals surface area contributed by atoms with E-state index in [9.17, 15) is 0 Å². The fourth-order valence-electron chi connectivity index (χ4n) is 6.01. The standard InChI is InChI=1S/C15H12O.4C6H5.2Sb/c1-15(2)11-7-3-5-9-13(11)16-14-10-6-4-8-12(14)15;4*1-2-4-6-5-3-1;;/h3-8H,1-2H3;4*1-5H;;. The first kappa shape index (κ1) is 27.6. The van der Waals surface area contributed by atoms with Crippen LogP contribution in [0, 0.1) is 0 Å². The quantitative estimate of drug-likeness (QED) is 0.214. The predicted octanol–water partition coefficient (Wildman–Crippen LogP) is 5.15. The molecule has 0 atom stereocenters. The molecule has 1 heterocycles. The van der Waals surface area contributed by atoms with Gasteiger partial charge in [-0.25, -0.2) is 0 Å².